The highest BCUT2D eigenvalue weighted by molar-refractivity contribution is 5.83. The molecule has 0 aliphatic carbocycles. The van der Waals surface area contributed by atoms with Crippen LogP contribution in [0.5, 0.6) is 28.7 Å². The van der Waals surface area contributed by atoms with E-state index in [1.807, 2.05) is 20.8 Å². The van der Waals surface area contributed by atoms with Crippen molar-refractivity contribution >= 4 is 0 Å². The number of ether oxygens (including phenoxy) is 3. The van der Waals surface area contributed by atoms with Crippen LogP contribution in [0.1, 0.15) is 26.3 Å². The SMILES string of the molecule is COc1cc(O)c(-c2cc(OC)cc(C(C)(C)C)c2O)c(OC)c1. The van der Waals surface area contributed by atoms with Crippen molar-refractivity contribution in [2.24, 2.45) is 0 Å². The predicted molar refractivity (Wildman–Crippen MR) is 93.6 cm³/mol. The lowest BCUT2D eigenvalue weighted by molar-refractivity contribution is 0.385. The molecule has 0 saturated carbocycles. The summed E-state index contributed by atoms with van der Waals surface area (Å²) in [5.74, 6) is 1.49. The molecule has 2 aromatic carbocycles. The highest BCUT2D eigenvalue weighted by atomic mass is 16.5. The minimum Gasteiger partial charge on any atom is -0.507 e. The fourth-order valence-electron chi connectivity index (χ4n) is 2.61. The standard InChI is InChI=1S/C19H24O5/c1-19(2,3)14-8-11(22-4)7-13(18(14)21)17-15(20)9-12(23-5)10-16(17)24-6/h7-10,20-21H,1-6H3. The molecule has 0 radical (unpaired) electrons. The number of phenols is 2. The van der Waals surface area contributed by atoms with E-state index in [1.165, 1.54) is 20.3 Å². The van der Waals surface area contributed by atoms with Gasteiger partial charge in [-0.1, -0.05) is 20.8 Å². The second-order valence-electron chi connectivity index (χ2n) is 6.54. The first-order chi connectivity index (χ1) is 11.2. The highest BCUT2D eigenvalue weighted by Crippen LogP contribution is 2.48. The lowest BCUT2D eigenvalue weighted by atomic mass is 9.84. The van der Waals surface area contributed by atoms with Crippen LogP contribution in [0, 0.1) is 0 Å². The summed E-state index contributed by atoms with van der Waals surface area (Å²) in [6, 6.07) is 6.61. The van der Waals surface area contributed by atoms with Crippen molar-refractivity contribution in [1.82, 2.24) is 0 Å². The molecule has 130 valence electrons. The van der Waals surface area contributed by atoms with E-state index in [2.05, 4.69) is 0 Å². The number of phenolic OH excluding ortho intramolecular Hbond substituents is 2. The van der Waals surface area contributed by atoms with Gasteiger partial charge in [0.1, 0.15) is 28.7 Å². The number of hydrogen-bond acceptors (Lipinski definition) is 5. The number of methoxy groups -OCH3 is 3. The van der Waals surface area contributed by atoms with Crippen molar-refractivity contribution in [3.8, 4) is 39.9 Å². The maximum Gasteiger partial charge on any atom is 0.134 e. The molecular weight excluding hydrogens is 308 g/mol. The molecule has 0 atom stereocenters. The molecule has 5 heteroatoms. The van der Waals surface area contributed by atoms with Gasteiger partial charge in [-0.25, -0.2) is 0 Å². The van der Waals surface area contributed by atoms with Gasteiger partial charge >= 0.3 is 0 Å². The minimum atomic E-state index is -0.303. The lowest BCUT2D eigenvalue weighted by Gasteiger charge is -2.24. The van der Waals surface area contributed by atoms with Gasteiger partial charge in [0.2, 0.25) is 0 Å². The van der Waals surface area contributed by atoms with Crippen molar-refractivity contribution < 1.29 is 24.4 Å². The van der Waals surface area contributed by atoms with Crippen molar-refractivity contribution in [3.05, 3.63) is 29.8 Å². The van der Waals surface area contributed by atoms with Crippen molar-refractivity contribution in [1.29, 1.82) is 0 Å². The second kappa shape index (κ2) is 6.51. The molecule has 0 fully saturated rings. The molecule has 24 heavy (non-hydrogen) atoms. The third kappa shape index (κ3) is 3.20. The summed E-state index contributed by atoms with van der Waals surface area (Å²) in [7, 11) is 4.57. The monoisotopic (exact) mass is 332 g/mol. The van der Waals surface area contributed by atoms with Crippen LogP contribution in [0.15, 0.2) is 24.3 Å². The summed E-state index contributed by atoms with van der Waals surface area (Å²) in [6.45, 7) is 5.99. The Morgan fingerprint density at radius 2 is 1.38 bits per heavy atom. The van der Waals surface area contributed by atoms with E-state index >= 15 is 0 Å². The van der Waals surface area contributed by atoms with Gasteiger partial charge in [0.15, 0.2) is 0 Å². The summed E-state index contributed by atoms with van der Waals surface area (Å²) in [5, 5.41) is 21.3. The molecule has 0 heterocycles. The van der Waals surface area contributed by atoms with E-state index in [-0.39, 0.29) is 16.9 Å². The minimum absolute atomic E-state index is 0.0467. The first kappa shape index (κ1) is 17.8. The Kier molecular flexibility index (Phi) is 4.83. The van der Waals surface area contributed by atoms with Crippen molar-refractivity contribution in [2.75, 3.05) is 21.3 Å². The highest BCUT2D eigenvalue weighted by Gasteiger charge is 2.25. The topological polar surface area (TPSA) is 68.2 Å². The zero-order valence-electron chi connectivity index (χ0n) is 14.9. The molecule has 0 bridgehead atoms. The van der Waals surface area contributed by atoms with Gasteiger partial charge in [-0.3, -0.25) is 0 Å². The normalized spacial score (nSPS) is 11.2. The van der Waals surface area contributed by atoms with E-state index in [0.29, 0.717) is 33.9 Å². The third-order valence-corrected chi connectivity index (χ3v) is 3.91. The Bertz CT molecular complexity index is 744. The molecule has 2 aromatic rings. The van der Waals surface area contributed by atoms with Crippen molar-refractivity contribution in [3.63, 3.8) is 0 Å². The summed E-state index contributed by atoms with van der Waals surface area (Å²) >= 11 is 0. The van der Waals surface area contributed by atoms with Gasteiger partial charge in [0, 0.05) is 23.3 Å². The van der Waals surface area contributed by atoms with E-state index in [9.17, 15) is 10.2 Å². The number of benzene rings is 2. The summed E-state index contributed by atoms with van der Waals surface area (Å²) < 4.78 is 15.9. The first-order valence-electron chi connectivity index (χ1n) is 7.59. The Balaban J connectivity index is 2.82. The number of aromatic hydroxyl groups is 2. The Morgan fingerprint density at radius 3 is 1.88 bits per heavy atom. The smallest absolute Gasteiger partial charge is 0.134 e. The molecule has 0 unspecified atom stereocenters. The fourth-order valence-corrected chi connectivity index (χ4v) is 2.61. The summed E-state index contributed by atoms with van der Waals surface area (Å²) in [4.78, 5) is 0. The lowest BCUT2D eigenvalue weighted by Crippen LogP contribution is -2.12. The molecule has 0 aromatic heterocycles. The maximum atomic E-state index is 10.8. The Labute approximate surface area is 142 Å². The number of rotatable bonds is 4. The summed E-state index contributed by atoms with van der Waals surface area (Å²) in [5.41, 5.74) is 1.24. The average Bonchev–Trinajstić information content (AvgIpc) is 2.53. The van der Waals surface area contributed by atoms with Crippen LogP contribution in [0.4, 0.5) is 0 Å². The fraction of sp³-hybridized carbons (Fsp3) is 0.368. The molecular formula is C19H24O5. The van der Waals surface area contributed by atoms with Gasteiger partial charge in [-0.2, -0.15) is 0 Å². The van der Waals surface area contributed by atoms with Crippen LogP contribution in [0.3, 0.4) is 0 Å². The van der Waals surface area contributed by atoms with Crippen LogP contribution < -0.4 is 14.2 Å². The number of hydrogen-bond donors (Lipinski definition) is 2. The maximum absolute atomic E-state index is 10.8. The van der Waals surface area contributed by atoms with Crippen LogP contribution in [-0.2, 0) is 5.41 Å². The molecule has 0 saturated heterocycles. The zero-order valence-corrected chi connectivity index (χ0v) is 14.9. The summed E-state index contributed by atoms with van der Waals surface area (Å²) in [6.07, 6.45) is 0. The second-order valence-corrected chi connectivity index (χ2v) is 6.54. The van der Waals surface area contributed by atoms with Gasteiger partial charge in [0.05, 0.1) is 26.9 Å². The van der Waals surface area contributed by atoms with E-state index in [0.717, 1.165) is 0 Å². The molecule has 2 N–H and O–H groups in total. The van der Waals surface area contributed by atoms with Gasteiger partial charge in [-0.05, 0) is 17.5 Å². The molecule has 0 aliphatic rings. The first-order valence-corrected chi connectivity index (χ1v) is 7.59. The molecule has 0 aliphatic heterocycles. The largest absolute Gasteiger partial charge is 0.507 e. The van der Waals surface area contributed by atoms with Crippen LogP contribution in [-0.4, -0.2) is 31.5 Å². The zero-order chi connectivity index (χ0) is 18.1. The molecule has 5 nitrogen and oxygen atoms in total. The Hall–Kier alpha value is -2.56. The van der Waals surface area contributed by atoms with Gasteiger partial charge in [-0.15, -0.1) is 0 Å². The Morgan fingerprint density at radius 1 is 0.792 bits per heavy atom. The van der Waals surface area contributed by atoms with E-state index in [1.54, 1.807) is 25.3 Å². The van der Waals surface area contributed by atoms with E-state index in [4.69, 9.17) is 14.2 Å². The van der Waals surface area contributed by atoms with Gasteiger partial charge < -0.3 is 24.4 Å². The molecule has 0 amide bonds. The van der Waals surface area contributed by atoms with Crippen molar-refractivity contribution in [2.45, 2.75) is 26.2 Å². The van der Waals surface area contributed by atoms with Gasteiger partial charge in [0.25, 0.3) is 0 Å². The molecule has 2 rings (SSSR count). The van der Waals surface area contributed by atoms with Crippen LogP contribution in [0.25, 0.3) is 11.1 Å². The van der Waals surface area contributed by atoms with Crippen LogP contribution >= 0.6 is 0 Å². The average molecular weight is 332 g/mol. The predicted octanol–water partition coefficient (Wildman–Crippen LogP) is 4.09. The molecule has 0 spiro atoms. The quantitative estimate of drug-likeness (QED) is 0.883. The van der Waals surface area contributed by atoms with Crippen LogP contribution in [0.2, 0.25) is 0 Å². The van der Waals surface area contributed by atoms with E-state index < -0.39 is 0 Å². The third-order valence-electron chi connectivity index (χ3n) is 3.91.